The van der Waals surface area contributed by atoms with Crippen LogP contribution in [0.25, 0.3) is 10.9 Å². The predicted molar refractivity (Wildman–Crippen MR) is 62.3 cm³/mol. The molecule has 1 aromatic heterocycles. The minimum atomic E-state index is -5.93. The van der Waals surface area contributed by atoms with E-state index >= 15 is 0 Å². The van der Waals surface area contributed by atoms with Crippen molar-refractivity contribution >= 4 is 21.0 Å². The highest BCUT2D eigenvalue weighted by Gasteiger charge is 2.48. The Balaban J connectivity index is 2.54. The highest BCUT2D eigenvalue weighted by molar-refractivity contribution is 7.88. The molecule has 2 rings (SSSR count). The second-order valence-corrected chi connectivity index (χ2v) is 5.56. The summed E-state index contributed by atoms with van der Waals surface area (Å²) in [5, 5.41) is -0.302. The molecule has 11 heteroatoms. The van der Waals surface area contributed by atoms with Gasteiger partial charge in [0.2, 0.25) is 0 Å². The third-order valence-electron chi connectivity index (χ3n) is 2.51. The fraction of sp³-hybridized carbons (Fsp3) is 0.182. The van der Waals surface area contributed by atoms with Crippen LogP contribution in [-0.2, 0) is 16.3 Å². The number of halogens is 6. The number of benzene rings is 1. The van der Waals surface area contributed by atoms with E-state index in [9.17, 15) is 34.8 Å². The van der Waals surface area contributed by atoms with E-state index in [0.29, 0.717) is 12.1 Å². The summed E-state index contributed by atoms with van der Waals surface area (Å²) in [6, 6.07) is 2.74. The molecule has 0 bridgehead atoms. The molecule has 1 aromatic carbocycles. The van der Waals surface area contributed by atoms with E-state index in [2.05, 4.69) is 9.17 Å². The number of fused-ring (bicyclic) bond motifs is 1. The smallest absolute Gasteiger partial charge is 0.375 e. The van der Waals surface area contributed by atoms with Gasteiger partial charge in [-0.1, -0.05) is 0 Å². The van der Waals surface area contributed by atoms with Crippen molar-refractivity contribution in [2.75, 3.05) is 0 Å². The first-order valence-corrected chi connectivity index (χ1v) is 6.79. The van der Waals surface area contributed by atoms with E-state index in [1.54, 1.807) is 0 Å². The summed E-state index contributed by atoms with van der Waals surface area (Å²) in [5.41, 5.74) is -7.10. The highest BCUT2D eigenvalue weighted by atomic mass is 32.2. The SMILES string of the molecule is O=S(=O)(Oc1ccnc2cc(C(F)(F)F)ccc12)C(F)(F)F. The van der Waals surface area contributed by atoms with E-state index in [1.807, 2.05) is 0 Å². The minimum absolute atomic E-state index is 0.302. The standard InChI is InChI=1S/C11H5F6NO3S/c12-10(13,14)6-1-2-7-8(5-6)18-4-3-9(7)21-22(19,20)11(15,16)17/h1-5H. The van der Waals surface area contributed by atoms with Gasteiger partial charge in [-0.2, -0.15) is 34.8 Å². The van der Waals surface area contributed by atoms with Crippen LogP contribution in [0.4, 0.5) is 26.3 Å². The largest absolute Gasteiger partial charge is 0.534 e. The van der Waals surface area contributed by atoms with Crippen LogP contribution < -0.4 is 4.18 Å². The lowest BCUT2D eigenvalue weighted by molar-refractivity contribution is -0.137. The van der Waals surface area contributed by atoms with Gasteiger partial charge < -0.3 is 4.18 Å². The van der Waals surface area contributed by atoms with Crippen molar-refractivity contribution in [3.8, 4) is 5.75 Å². The number of alkyl halides is 6. The molecule has 0 fully saturated rings. The highest BCUT2D eigenvalue weighted by Crippen LogP contribution is 2.35. The molecule has 0 unspecified atom stereocenters. The van der Waals surface area contributed by atoms with Gasteiger partial charge in [0.1, 0.15) is 0 Å². The lowest BCUT2D eigenvalue weighted by Crippen LogP contribution is -2.28. The number of hydrogen-bond donors (Lipinski definition) is 0. The van der Waals surface area contributed by atoms with Gasteiger partial charge >= 0.3 is 21.8 Å². The second kappa shape index (κ2) is 5.00. The Morgan fingerprint density at radius 3 is 2.18 bits per heavy atom. The molecule has 22 heavy (non-hydrogen) atoms. The van der Waals surface area contributed by atoms with Crippen LogP contribution in [0.3, 0.4) is 0 Å². The van der Waals surface area contributed by atoms with Gasteiger partial charge in [0.05, 0.1) is 11.1 Å². The Morgan fingerprint density at radius 2 is 1.64 bits per heavy atom. The molecule has 0 radical (unpaired) electrons. The molecule has 0 amide bonds. The van der Waals surface area contributed by atoms with Gasteiger partial charge in [-0.3, -0.25) is 4.98 Å². The fourth-order valence-corrected chi connectivity index (χ4v) is 2.01. The maximum absolute atomic E-state index is 12.5. The first-order valence-electron chi connectivity index (χ1n) is 5.38. The third-order valence-corrected chi connectivity index (χ3v) is 3.48. The van der Waals surface area contributed by atoms with Crippen molar-refractivity contribution in [2.24, 2.45) is 0 Å². The summed E-state index contributed by atoms with van der Waals surface area (Å²) in [6.07, 6.45) is -3.84. The molecule has 0 aliphatic heterocycles. The molecule has 0 aliphatic rings. The molecular weight excluding hydrogens is 340 g/mol. The Labute approximate surface area is 119 Å². The molecule has 1 heterocycles. The topological polar surface area (TPSA) is 56.3 Å². The zero-order chi connectivity index (χ0) is 16.8. The summed E-state index contributed by atoms with van der Waals surface area (Å²) in [7, 11) is -5.93. The van der Waals surface area contributed by atoms with Gasteiger partial charge in [-0.05, 0) is 18.2 Å². The van der Waals surface area contributed by atoms with Crippen molar-refractivity contribution in [3.63, 3.8) is 0 Å². The minimum Gasteiger partial charge on any atom is -0.375 e. The summed E-state index contributed by atoms with van der Waals surface area (Å²) in [4.78, 5) is 3.55. The van der Waals surface area contributed by atoms with Gasteiger partial charge in [0.25, 0.3) is 0 Å². The van der Waals surface area contributed by atoms with Crippen molar-refractivity contribution in [2.45, 2.75) is 11.7 Å². The number of rotatable bonds is 2. The van der Waals surface area contributed by atoms with Gasteiger partial charge in [-0.15, -0.1) is 0 Å². The van der Waals surface area contributed by atoms with Gasteiger partial charge in [-0.25, -0.2) is 0 Å². The van der Waals surface area contributed by atoms with Crippen LogP contribution in [0.5, 0.6) is 5.75 Å². The molecule has 120 valence electrons. The number of hydrogen-bond acceptors (Lipinski definition) is 4. The molecule has 0 aliphatic carbocycles. The Morgan fingerprint density at radius 1 is 1.00 bits per heavy atom. The zero-order valence-electron chi connectivity index (χ0n) is 10.2. The van der Waals surface area contributed by atoms with Crippen molar-refractivity contribution in [1.82, 2.24) is 4.98 Å². The summed E-state index contributed by atoms with van der Waals surface area (Å²) >= 11 is 0. The maximum Gasteiger partial charge on any atom is 0.534 e. The average molecular weight is 345 g/mol. The lowest BCUT2D eigenvalue weighted by atomic mass is 10.1. The fourth-order valence-electron chi connectivity index (χ4n) is 1.54. The number of nitrogens with zero attached hydrogens (tertiary/aromatic N) is 1. The first-order chi connectivity index (χ1) is 9.92. The summed E-state index contributed by atoms with van der Waals surface area (Å²) in [5.74, 6) is -0.768. The Bertz CT molecular complexity index is 813. The summed E-state index contributed by atoms with van der Waals surface area (Å²) in [6.45, 7) is 0. The van der Waals surface area contributed by atoms with E-state index in [4.69, 9.17) is 0 Å². The molecular formula is C11H5F6NO3S. The van der Waals surface area contributed by atoms with E-state index in [1.165, 1.54) is 0 Å². The summed E-state index contributed by atoms with van der Waals surface area (Å²) < 4.78 is 100. The monoisotopic (exact) mass is 345 g/mol. The van der Waals surface area contributed by atoms with Crippen LogP contribution in [-0.4, -0.2) is 18.9 Å². The quantitative estimate of drug-likeness (QED) is 0.475. The second-order valence-electron chi connectivity index (χ2n) is 4.02. The van der Waals surface area contributed by atoms with Crippen LogP contribution in [0, 0.1) is 0 Å². The van der Waals surface area contributed by atoms with Crippen molar-refractivity contribution < 1.29 is 38.9 Å². The molecule has 0 spiro atoms. The van der Waals surface area contributed by atoms with Gasteiger partial charge in [0.15, 0.2) is 5.75 Å². The predicted octanol–water partition coefficient (Wildman–Crippen LogP) is 3.48. The van der Waals surface area contributed by atoms with Crippen molar-refractivity contribution in [1.29, 1.82) is 0 Å². The number of aromatic nitrogens is 1. The first kappa shape index (κ1) is 16.3. The number of pyridine rings is 1. The Hall–Kier alpha value is -2.04. The van der Waals surface area contributed by atoms with Gasteiger partial charge in [0, 0.05) is 17.6 Å². The molecule has 2 aromatic rings. The molecule has 0 saturated heterocycles. The van der Waals surface area contributed by atoms with Crippen LogP contribution in [0.2, 0.25) is 0 Å². The molecule has 0 N–H and O–H groups in total. The zero-order valence-corrected chi connectivity index (χ0v) is 11.1. The van der Waals surface area contributed by atoms with Crippen LogP contribution in [0.1, 0.15) is 5.56 Å². The molecule has 4 nitrogen and oxygen atoms in total. The van der Waals surface area contributed by atoms with E-state index < -0.39 is 33.1 Å². The normalized spacial score (nSPS) is 13.4. The third kappa shape index (κ3) is 3.08. The van der Waals surface area contributed by atoms with Crippen molar-refractivity contribution in [3.05, 3.63) is 36.0 Å². The lowest BCUT2D eigenvalue weighted by Gasteiger charge is -2.12. The molecule has 0 atom stereocenters. The van der Waals surface area contributed by atoms with E-state index in [-0.39, 0.29) is 10.9 Å². The average Bonchev–Trinajstić information content (AvgIpc) is 2.35. The maximum atomic E-state index is 12.5. The van der Waals surface area contributed by atoms with E-state index in [0.717, 1.165) is 18.3 Å². The van der Waals surface area contributed by atoms with Crippen LogP contribution in [0.15, 0.2) is 30.5 Å². The molecule has 0 saturated carbocycles. The van der Waals surface area contributed by atoms with Crippen LogP contribution >= 0.6 is 0 Å². The Kier molecular flexibility index (Phi) is 3.71.